The zero-order valence-electron chi connectivity index (χ0n) is 15.8. The van der Waals surface area contributed by atoms with Crippen LogP contribution in [0.5, 0.6) is 5.75 Å². The number of anilines is 2. The van der Waals surface area contributed by atoms with E-state index in [0.29, 0.717) is 12.6 Å². The Morgan fingerprint density at radius 2 is 2.15 bits per heavy atom. The molecular weight excluding hydrogens is 360 g/mol. The van der Waals surface area contributed by atoms with Crippen molar-refractivity contribution in [2.24, 2.45) is 4.99 Å². The highest BCUT2D eigenvalue weighted by Crippen LogP contribution is 2.40. The highest BCUT2D eigenvalue weighted by atomic mass is 32.2. The molecule has 6 nitrogen and oxygen atoms in total. The van der Waals surface area contributed by atoms with Crippen molar-refractivity contribution in [1.82, 2.24) is 4.31 Å². The summed E-state index contributed by atoms with van der Waals surface area (Å²) < 4.78 is 16.7. The molecule has 1 aliphatic heterocycles. The van der Waals surface area contributed by atoms with Crippen LogP contribution in [-0.2, 0) is 17.8 Å². The molecule has 0 radical (unpaired) electrons. The number of nitrogens with zero attached hydrogens (tertiary/aromatic N) is 2. The second kappa shape index (κ2) is 7.70. The van der Waals surface area contributed by atoms with Gasteiger partial charge in [0, 0.05) is 34.6 Å². The maximum Gasteiger partial charge on any atom is 0.290 e. The normalized spacial score (nSPS) is 19.3. The summed E-state index contributed by atoms with van der Waals surface area (Å²) in [4.78, 5) is 4.84. The summed E-state index contributed by atoms with van der Waals surface area (Å²) in [5.74, 6) is 0.907. The van der Waals surface area contributed by atoms with Gasteiger partial charge < -0.3 is 19.5 Å². The van der Waals surface area contributed by atoms with Crippen LogP contribution in [-0.4, -0.2) is 31.5 Å². The first kappa shape index (κ1) is 18.0. The van der Waals surface area contributed by atoms with E-state index in [1.54, 1.807) is 19.2 Å². The Labute approximate surface area is 164 Å². The van der Waals surface area contributed by atoms with Gasteiger partial charge in [-0.05, 0) is 56.8 Å². The lowest BCUT2D eigenvalue weighted by Crippen LogP contribution is -2.23. The van der Waals surface area contributed by atoms with Crippen molar-refractivity contribution in [3.8, 4) is 5.75 Å². The Balaban J connectivity index is 1.51. The van der Waals surface area contributed by atoms with Crippen LogP contribution in [0, 0.1) is 0 Å². The molecule has 0 fully saturated rings. The van der Waals surface area contributed by atoms with Crippen molar-refractivity contribution in [1.29, 1.82) is 0 Å². The molecule has 1 aliphatic carbocycles. The van der Waals surface area contributed by atoms with Crippen LogP contribution >= 0.6 is 12.1 Å². The Kier molecular flexibility index (Phi) is 5.13. The van der Waals surface area contributed by atoms with Crippen LogP contribution in [0.3, 0.4) is 0 Å². The largest absolute Gasteiger partial charge is 0.496 e. The molecule has 2 aromatic rings. The number of methoxy groups -OCH3 is 1. The standard InChI is InChI=1S/C20H24N4O2S/c1-24(2)27-23-15-8-10-16-14(11-15)12-26-20(21-16)22-17-9-7-13-5-4-6-18(25-3)19(13)17/h4-6,8,10-11,17,23H,7,9,12H2,1-3H3,(H,21,22). The Hall–Kier alpha value is -2.38. The molecule has 0 saturated carbocycles. The van der Waals surface area contributed by atoms with Gasteiger partial charge in [-0.1, -0.05) is 12.1 Å². The highest BCUT2D eigenvalue weighted by molar-refractivity contribution is 7.98. The molecule has 0 amide bonds. The molecule has 1 heterocycles. The van der Waals surface area contributed by atoms with E-state index in [1.165, 1.54) is 11.1 Å². The topological polar surface area (TPSA) is 58.1 Å². The lowest BCUT2D eigenvalue weighted by molar-refractivity contribution is 0.282. The zero-order valence-corrected chi connectivity index (χ0v) is 16.6. The molecular formula is C20H24N4O2S. The predicted octanol–water partition coefficient (Wildman–Crippen LogP) is 4.22. The van der Waals surface area contributed by atoms with Gasteiger partial charge in [-0.25, -0.2) is 9.30 Å². The molecule has 0 aromatic heterocycles. The average molecular weight is 385 g/mol. The van der Waals surface area contributed by atoms with E-state index < -0.39 is 0 Å². The lowest BCUT2D eigenvalue weighted by Gasteiger charge is -2.23. The van der Waals surface area contributed by atoms with Crippen molar-refractivity contribution in [2.75, 3.05) is 31.2 Å². The molecule has 142 valence electrons. The number of hydrogen-bond acceptors (Lipinski definition) is 6. The van der Waals surface area contributed by atoms with E-state index in [1.807, 2.05) is 30.5 Å². The third-order valence-electron chi connectivity index (χ3n) is 4.73. The average Bonchev–Trinajstić information content (AvgIpc) is 3.09. The fraction of sp³-hybridized carbons (Fsp3) is 0.350. The maximum absolute atomic E-state index is 5.89. The molecule has 0 saturated heterocycles. The Morgan fingerprint density at radius 3 is 2.96 bits per heavy atom. The lowest BCUT2D eigenvalue weighted by atomic mass is 10.1. The summed E-state index contributed by atoms with van der Waals surface area (Å²) in [6, 6.07) is 13.1. The monoisotopic (exact) mass is 384 g/mol. The number of ether oxygens (including phenoxy) is 2. The summed E-state index contributed by atoms with van der Waals surface area (Å²) in [5, 5.41) is 3.33. The van der Waals surface area contributed by atoms with Crippen molar-refractivity contribution >= 4 is 29.5 Å². The maximum atomic E-state index is 5.89. The molecule has 2 aliphatic rings. The van der Waals surface area contributed by atoms with Gasteiger partial charge in [0.1, 0.15) is 12.4 Å². The quantitative estimate of drug-likeness (QED) is 0.753. The van der Waals surface area contributed by atoms with Crippen LogP contribution in [0.1, 0.15) is 29.2 Å². The van der Waals surface area contributed by atoms with E-state index in [4.69, 9.17) is 14.5 Å². The van der Waals surface area contributed by atoms with Gasteiger partial charge >= 0.3 is 0 Å². The van der Waals surface area contributed by atoms with E-state index in [-0.39, 0.29) is 6.04 Å². The number of nitrogens with one attached hydrogen (secondary N) is 2. The molecule has 27 heavy (non-hydrogen) atoms. The molecule has 4 rings (SSSR count). The van der Waals surface area contributed by atoms with Crippen LogP contribution < -0.4 is 14.8 Å². The van der Waals surface area contributed by atoms with Gasteiger partial charge in [-0.3, -0.25) is 0 Å². The summed E-state index contributed by atoms with van der Waals surface area (Å²) in [6.45, 7) is 0.509. The van der Waals surface area contributed by atoms with Gasteiger partial charge in [0.15, 0.2) is 0 Å². The summed E-state index contributed by atoms with van der Waals surface area (Å²) in [6.07, 6.45) is 1.99. The summed E-state index contributed by atoms with van der Waals surface area (Å²) in [7, 11) is 5.71. The second-order valence-corrected chi connectivity index (χ2v) is 7.93. The minimum absolute atomic E-state index is 0.0673. The molecule has 1 atom stereocenters. The van der Waals surface area contributed by atoms with E-state index in [2.05, 4.69) is 34.3 Å². The van der Waals surface area contributed by atoms with E-state index in [9.17, 15) is 0 Å². The third kappa shape index (κ3) is 3.84. The van der Waals surface area contributed by atoms with Gasteiger partial charge in [-0.15, -0.1) is 0 Å². The molecule has 0 bridgehead atoms. The molecule has 2 N–H and O–H groups in total. The smallest absolute Gasteiger partial charge is 0.290 e. The Bertz CT molecular complexity index is 869. The van der Waals surface area contributed by atoms with Crippen LogP contribution in [0.4, 0.5) is 11.4 Å². The highest BCUT2D eigenvalue weighted by Gasteiger charge is 2.27. The zero-order chi connectivity index (χ0) is 18.8. The van der Waals surface area contributed by atoms with Crippen LogP contribution in [0.2, 0.25) is 0 Å². The Morgan fingerprint density at radius 1 is 1.26 bits per heavy atom. The van der Waals surface area contributed by atoms with Crippen molar-refractivity contribution in [3.63, 3.8) is 0 Å². The van der Waals surface area contributed by atoms with E-state index >= 15 is 0 Å². The van der Waals surface area contributed by atoms with Gasteiger partial charge in [0.05, 0.1) is 13.2 Å². The van der Waals surface area contributed by atoms with Crippen molar-refractivity contribution < 1.29 is 9.47 Å². The van der Waals surface area contributed by atoms with Gasteiger partial charge in [-0.2, -0.15) is 0 Å². The fourth-order valence-corrected chi connectivity index (χ4v) is 3.90. The molecule has 2 aromatic carbocycles. The molecule has 0 spiro atoms. The van der Waals surface area contributed by atoms with Crippen LogP contribution in [0.15, 0.2) is 41.4 Å². The predicted molar refractivity (Wildman–Crippen MR) is 111 cm³/mol. The summed E-state index contributed by atoms with van der Waals surface area (Å²) >= 11 is 1.54. The number of amidine groups is 1. The van der Waals surface area contributed by atoms with Crippen molar-refractivity contribution in [3.05, 3.63) is 53.1 Å². The number of fused-ring (bicyclic) bond motifs is 2. The molecule has 7 heteroatoms. The summed E-state index contributed by atoms with van der Waals surface area (Å²) in [5.41, 5.74) is 5.70. The fourth-order valence-electron chi connectivity index (χ4n) is 3.48. The molecule has 1 unspecified atom stereocenters. The number of aryl methyl sites for hydroxylation is 1. The second-order valence-electron chi connectivity index (χ2n) is 6.81. The van der Waals surface area contributed by atoms with Crippen LogP contribution in [0.25, 0.3) is 0 Å². The van der Waals surface area contributed by atoms with Crippen molar-refractivity contribution in [2.45, 2.75) is 25.5 Å². The minimum Gasteiger partial charge on any atom is -0.496 e. The number of hydrogen-bond donors (Lipinski definition) is 2. The first-order valence-corrected chi connectivity index (χ1v) is 9.78. The van der Waals surface area contributed by atoms with Gasteiger partial charge in [0.2, 0.25) is 0 Å². The number of benzene rings is 2. The number of rotatable bonds is 5. The third-order valence-corrected chi connectivity index (χ3v) is 5.42. The van der Waals surface area contributed by atoms with Gasteiger partial charge in [0.25, 0.3) is 6.02 Å². The first-order valence-electron chi connectivity index (χ1n) is 9.00. The minimum atomic E-state index is 0.0673. The number of aliphatic imine (C=N–C) groups is 1. The first-order chi connectivity index (χ1) is 13.1. The van der Waals surface area contributed by atoms with E-state index in [0.717, 1.165) is 35.5 Å². The SMILES string of the molecule is COc1cccc2c1C(N=C1Nc3ccc(NSN(C)C)cc3CO1)CC2.